The van der Waals surface area contributed by atoms with Crippen LogP contribution < -0.4 is 10.9 Å². The van der Waals surface area contributed by atoms with Crippen LogP contribution >= 0.6 is 0 Å². The van der Waals surface area contributed by atoms with Crippen molar-refractivity contribution in [2.75, 3.05) is 5.32 Å². The second-order valence-electron chi connectivity index (χ2n) is 6.09. The van der Waals surface area contributed by atoms with E-state index < -0.39 is 0 Å². The minimum absolute atomic E-state index is 0.0900. The summed E-state index contributed by atoms with van der Waals surface area (Å²) < 4.78 is 3.86. The maximum absolute atomic E-state index is 13.0. The van der Waals surface area contributed by atoms with Crippen LogP contribution in [0.5, 0.6) is 0 Å². The second-order valence-corrected chi connectivity index (χ2v) is 6.09. The largest absolute Gasteiger partial charge is 0.320 e. The zero-order valence-electron chi connectivity index (χ0n) is 13.7. The van der Waals surface area contributed by atoms with Gasteiger partial charge in [-0.3, -0.25) is 14.3 Å². The molecule has 1 heterocycles. The summed E-state index contributed by atoms with van der Waals surface area (Å²) in [4.78, 5) is 24.5. The van der Waals surface area contributed by atoms with Gasteiger partial charge >= 0.3 is 0 Å². The Morgan fingerprint density at radius 3 is 2.43 bits per heavy atom. The lowest BCUT2D eigenvalue weighted by molar-refractivity contribution is -0.114. The molecule has 0 saturated heterocycles. The maximum Gasteiger partial charge on any atom is 0.291 e. The van der Waals surface area contributed by atoms with E-state index in [0.717, 1.165) is 37.1 Å². The van der Waals surface area contributed by atoms with Crippen molar-refractivity contribution in [2.45, 2.75) is 52.0 Å². The van der Waals surface area contributed by atoms with Gasteiger partial charge in [0, 0.05) is 6.92 Å². The average Bonchev–Trinajstić information content (AvgIpc) is 3.15. The Kier molecular flexibility index (Phi) is 4.37. The van der Waals surface area contributed by atoms with Crippen molar-refractivity contribution in [3.8, 4) is 5.69 Å². The molecule has 0 unspecified atom stereocenters. The fourth-order valence-electron chi connectivity index (χ4n) is 3.52. The summed E-state index contributed by atoms with van der Waals surface area (Å²) in [5.74, 6) is -0.208. The molecule has 5 nitrogen and oxygen atoms in total. The highest BCUT2D eigenvalue weighted by Gasteiger charge is 2.27. The van der Waals surface area contributed by atoms with Crippen LogP contribution in [0.3, 0.4) is 0 Å². The topological polar surface area (TPSA) is 56.0 Å². The van der Waals surface area contributed by atoms with Crippen LogP contribution in [0.25, 0.3) is 5.69 Å². The van der Waals surface area contributed by atoms with E-state index in [9.17, 15) is 9.59 Å². The lowest BCUT2D eigenvalue weighted by atomic mass is 10.2. The summed E-state index contributed by atoms with van der Waals surface area (Å²) in [6, 6.07) is 10.1. The lowest BCUT2D eigenvalue weighted by Gasteiger charge is -2.19. The summed E-state index contributed by atoms with van der Waals surface area (Å²) in [6.07, 6.45) is 5.00. The van der Waals surface area contributed by atoms with Crippen LogP contribution in [0.1, 0.15) is 51.3 Å². The van der Waals surface area contributed by atoms with Crippen LogP contribution in [0, 0.1) is 0 Å². The number of hydrogen-bond donors (Lipinski definition) is 1. The number of para-hydroxylation sites is 1. The smallest absolute Gasteiger partial charge is 0.291 e. The highest BCUT2D eigenvalue weighted by molar-refractivity contribution is 5.89. The first-order chi connectivity index (χ1) is 11.1. The third-order valence-electron chi connectivity index (χ3n) is 4.49. The first kappa shape index (κ1) is 15.6. The molecule has 1 fully saturated rings. The summed E-state index contributed by atoms with van der Waals surface area (Å²) in [5, 5.41) is 2.75. The van der Waals surface area contributed by atoms with Gasteiger partial charge in [-0.2, -0.15) is 0 Å². The van der Waals surface area contributed by atoms with Crippen molar-refractivity contribution in [3.63, 3.8) is 0 Å². The number of amides is 1. The summed E-state index contributed by atoms with van der Waals surface area (Å²) >= 11 is 0. The van der Waals surface area contributed by atoms with E-state index in [2.05, 4.69) is 5.32 Å². The molecule has 2 aromatic rings. The number of carbonyl (C=O) groups excluding carboxylic acids is 1. The SMILES string of the molecule is CCc1c(NC(C)=O)c(=O)n(C2CCCC2)n1-c1ccccc1. The Bertz CT molecular complexity index is 753. The van der Waals surface area contributed by atoms with Gasteiger partial charge in [-0.15, -0.1) is 0 Å². The average molecular weight is 313 g/mol. The number of carbonyl (C=O) groups is 1. The number of nitrogens with zero attached hydrogens (tertiary/aromatic N) is 2. The predicted octanol–water partition coefficient (Wildman–Crippen LogP) is 3.27. The van der Waals surface area contributed by atoms with Gasteiger partial charge < -0.3 is 5.32 Å². The molecule has 1 aromatic heterocycles. The monoisotopic (exact) mass is 313 g/mol. The minimum atomic E-state index is -0.208. The van der Waals surface area contributed by atoms with Crippen LogP contribution in [0.2, 0.25) is 0 Å². The van der Waals surface area contributed by atoms with Crippen molar-refractivity contribution in [2.24, 2.45) is 0 Å². The van der Waals surface area contributed by atoms with Gasteiger partial charge in [0.1, 0.15) is 5.69 Å². The molecule has 1 aromatic carbocycles. The highest BCUT2D eigenvalue weighted by atomic mass is 16.2. The molecule has 0 bridgehead atoms. The number of hydrogen-bond acceptors (Lipinski definition) is 2. The first-order valence-corrected chi connectivity index (χ1v) is 8.33. The van der Waals surface area contributed by atoms with Crippen molar-refractivity contribution < 1.29 is 4.79 Å². The molecule has 3 rings (SSSR count). The van der Waals surface area contributed by atoms with Crippen molar-refractivity contribution in [1.29, 1.82) is 0 Å². The van der Waals surface area contributed by atoms with E-state index in [0.29, 0.717) is 12.1 Å². The molecule has 0 atom stereocenters. The molecule has 0 aliphatic heterocycles. The predicted molar refractivity (Wildman–Crippen MR) is 91.2 cm³/mol. The molecular formula is C18H23N3O2. The standard InChI is InChI=1S/C18H23N3O2/c1-3-16-17(19-13(2)22)18(23)21(15-11-7-8-12-15)20(16)14-9-5-4-6-10-14/h4-6,9-10,15H,3,7-8,11-12H2,1-2H3,(H,19,22). The van der Waals surface area contributed by atoms with E-state index in [-0.39, 0.29) is 17.5 Å². The van der Waals surface area contributed by atoms with Crippen molar-refractivity contribution in [1.82, 2.24) is 9.36 Å². The summed E-state index contributed by atoms with van der Waals surface area (Å²) in [5.41, 5.74) is 2.16. The van der Waals surface area contributed by atoms with Crippen LogP contribution in [0.4, 0.5) is 5.69 Å². The van der Waals surface area contributed by atoms with Gasteiger partial charge in [0.2, 0.25) is 5.91 Å². The van der Waals surface area contributed by atoms with E-state index in [1.54, 1.807) is 0 Å². The zero-order chi connectivity index (χ0) is 16.4. The van der Waals surface area contributed by atoms with Crippen molar-refractivity contribution in [3.05, 3.63) is 46.4 Å². The molecule has 23 heavy (non-hydrogen) atoms. The molecule has 1 N–H and O–H groups in total. The van der Waals surface area contributed by atoms with E-state index >= 15 is 0 Å². The minimum Gasteiger partial charge on any atom is -0.320 e. The molecule has 5 heteroatoms. The second kappa shape index (κ2) is 6.44. The Hall–Kier alpha value is -2.30. The molecule has 122 valence electrons. The Balaban J connectivity index is 2.25. The van der Waals surface area contributed by atoms with Crippen LogP contribution in [-0.2, 0) is 11.2 Å². The maximum atomic E-state index is 13.0. The molecule has 0 spiro atoms. The van der Waals surface area contributed by atoms with Gasteiger partial charge in [0.25, 0.3) is 5.56 Å². The lowest BCUT2D eigenvalue weighted by Crippen LogP contribution is -2.27. The number of nitrogens with one attached hydrogen (secondary N) is 1. The molecule has 1 saturated carbocycles. The number of rotatable bonds is 4. The highest BCUT2D eigenvalue weighted by Crippen LogP contribution is 2.31. The first-order valence-electron chi connectivity index (χ1n) is 8.33. The molecule has 1 aliphatic carbocycles. The summed E-state index contributed by atoms with van der Waals surface area (Å²) in [7, 11) is 0. The Morgan fingerprint density at radius 1 is 1.22 bits per heavy atom. The molecule has 1 amide bonds. The van der Waals surface area contributed by atoms with E-state index in [1.165, 1.54) is 6.92 Å². The molecule has 1 aliphatic rings. The fourth-order valence-corrected chi connectivity index (χ4v) is 3.52. The van der Waals surface area contributed by atoms with Gasteiger partial charge in [-0.25, -0.2) is 4.68 Å². The number of benzene rings is 1. The van der Waals surface area contributed by atoms with Gasteiger partial charge in [-0.05, 0) is 31.4 Å². The Morgan fingerprint density at radius 2 is 1.87 bits per heavy atom. The molecule has 0 radical (unpaired) electrons. The normalized spacial score (nSPS) is 15.0. The third-order valence-corrected chi connectivity index (χ3v) is 4.49. The Labute approximate surface area is 135 Å². The number of aromatic nitrogens is 2. The van der Waals surface area contributed by atoms with E-state index in [4.69, 9.17) is 0 Å². The number of anilines is 1. The van der Waals surface area contributed by atoms with E-state index in [1.807, 2.05) is 46.6 Å². The fraction of sp³-hybridized carbons (Fsp3) is 0.444. The third kappa shape index (κ3) is 2.83. The zero-order valence-corrected chi connectivity index (χ0v) is 13.7. The quantitative estimate of drug-likeness (QED) is 0.942. The van der Waals surface area contributed by atoms with Gasteiger partial charge in [-0.1, -0.05) is 38.0 Å². The van der Waals surface area contributed by atoms with Gasteiger partial charge in [0.15, 0.2) is 0 Å². The van der Waals surface area contributed by atoms with Crippen LogP contribution in [0.15, 0.2) is 35.1 Å². The molecular weight excluding hydrogens is 290 g/mol. The van der Waals surface area contributed by atoms with Crippen LogP contribution in [-0.4, -0.2) is 15.3 Å². The van der Waals surface area contributed by atoms with Gasteiger partial charge in [0.05, 0.1) is 17.4 Å². The summed E-state index contributed by atoms with van der Waals surface area (Å²) in [6.45, 7) is 3.46. The van der Waals surface area contributed by atoms with Crippen molar-refractivity contribution >= 4 is 11.6 Å².